The molecule has 0 aliphatic rings. The molecule has 0 saturated heterocycles. The average Bonchev–Trinajstić information content (AvgIpc) is 3.02. The summed E-state index contributed by atoms with van der Waals surface area (Å²) in [5.41, 5.74) is 1.99. The van der Waals surface area contributed by atoms with Crippen molar-refractivity contribution in [2.45, 2.75) is 26.2 Å². The van der Waals surface area contributed by atoms with Crippen LogP contribution in [-0.4, -0.2) is 27.5 Å². The maximum atomic E-state index is 12.1. The van der Waals surface area contributed by atoms with E-state index in [0.29, 0.717) is 17.2 Å². The Hall–Kier alpha value is -2.89. The smallest absolute Gasteiger partial charge is 0.263 e. The third kappa shape index (κ3) is 3.53. The minimum absolute atomic E-state index is 0.0786. The van der Waals surface area contributed by atoms with E-state index in [2.05, 4.69) is 41.0 Å². The van der Waals surface area contributed by atoms with Crippen molar-refractivity contribution in [3.05, 3.63) is 48.4 Å². The van der Waals surface area contributed by atoms with Crippen LogP contribution in [-0.2, 0) is 10.2 Å². The molecule has 0 bridgehead atoms. The standard InChI is InChI=1S/C18H20N4O2/c1-18(2,3)12-4-6-13(7-5-12)24-10-15(23)22-17-14-8-9-19-16(14)20-11-21-17/h4-9,11H,10H2,1-3H3,(H2,19,20,21,22,23). The van der Waals surface area contributed by atoms with Crippen molar-refractivity contribution in [2.24, 2.45) is 0 Å². The van der Waals surface area contributed by atoms with Crippen LogP contribution in [0.2, 0.25) is 0 Å². The van der Waals surface area contributed by atoms with E-state index >= 15 is 0 Å². The lowest BCUT2D eigenvalue weighted by Crippen LogP contribution is -2.21. The molecular formula is C18H20N4O2. The Balaban J connectivity index is 1.61. The third-order valence-corrected chi connectivity index (χ3v) is 3.70. The maximum Gasteiger partial charge on any atom is 0.263 e. The number of aromatic amines is 1. The van der Waals surface area contributed by atoms with Gasteiger partial charge >= 0.3 is 0 Å². The second-order valence-electron chi connectivity index (χ2n) is 6.57. The summed E-state index contributed by atoms with van der Waals surface area (Å²) < 4.78 is 5.54. The van der Waals surface area contributed by atoms with E-state index in [1.54, 1.807) is 6.20 Å². The first kappa shape index (κ1) is 16.0. The van der Waals surface area contributed by atoms with E-state index in [0.717, 1.165) is 5.39 Å². The Bertz CT molecular complexity index is 847. The van der Waals surface area contributed by atoms with Gasteiger partial charge in [-0.15, -0.1) is 0 Å². The van der Waals surface area contributed by atoms with Crippen LogP contribution in [0.1, 0.15) is 26.3 Å². The molecule has 2 heterocycles. The summed E-state index contributed by atoms with van der Waals surface area (Å²) >= 11 is 0. The molecule has 2 aromatic heterocycles. The first-order valence-electron chi connectivity index (χ1n) is 7.75. The van der Waals surface area contributed by atoms with E-state index in [4.69, 9.17) is 4.74 Å². The zero-order valence-electron chi connectivity index (χ0n) is 14.0. The van der Waals surface area contributed by atoms with Gasteiger partial charge in [0.1, 0.15) is 23.5 Å². The Kier molecular flexibility index (Phi) is 4.20. The lowest BCUT2D eigenvalue weighted by molar-refractivity contribution is -0.118. The van der Waals surface area contributed by atoms with Gasteiger partial charge < -0.3 is 15.0 Å². The minimum Gasteiger partial charge on any atom is -0.484 e. The summed E-state index contributed by atoms with van der Waals surface area (Å²) in [6, 6.07) is 9.60. The molecule has 124 valence electrons. The molecule has 0 spiro atoms. The number of amides is 1. The molecule has 0 saturated carbocycles. The zero-order valence-corrected chi connectivity index (χ0v) is 14.0. The summed E-state index contributed by atoms with van der Waals surface area (Å²) in [4.78, 5) is 23.2. The second-order valence-corrected chi connectivity index (χ2v) is 6.57. The summed E-state index contributed by atoms with van der Waals surface area (Å²) in [5, 5.41) is 3.51. The number of H-pyrrole nitrogens is 1. The molecule has 24 heavy (non-hydrogen) atoms. The number of hydrogen-bond donors (Lipinski definition) is 2. The van der Waals surface area contributed by atoms with Crippen molar-refractivity contribution in [1.82, 2.24) is 15.0 Å². The van der Waals surface area contributed by atoms with E-state index in [9.17, 15) is 4.79 Å². The van der Waals surface area contributed by atoms with E-state index in [1.165, 1.54) is 11.9 Å². The number of carbonyl (C=O) groups is 1. The zero-order chi connectivity index (χ0) is 17.2. The predicted molar refractivity (Wildman–Crippen MR) is 93.2 cm³/mol. The van der Waals surface area contributed by atoms with Gasteiger partial charge in [-0.25, -0.2) is 9.97 Å². The highest BCUT2D eigenvalue weighted by Gasteiger charge is 2.13. The normalized spacial score (nSPS) is 11.5. The Labute approximate surface area is 140 Å². The van der Waals surface area contributed by atoms with Crippen LogP contribution in [0.15, 0.2) is 42.9 Å². The molecule has 3 aromatic rings. The maximum absolute atomic E-state index is 12.1. The van der Waals surface area contributed by atoms with Gasteiger partial charge in [-0.05, 0) is 29.2 Å². The molecule has 0 aliphatic carbocycles. The SMILES string of the molecule is CC(C)(C)c1ccc(OCC(=O)Nc2ncnc3[nH]ccc23)cc1. The van der Waals surface area contributed by atoms with Crippen molar-refractivity contribution in [1.29, 1.82) is 0 Å². The molecule has 6 nitrogen and oxygen atoms in total. The van der Waals surface area contributed by atoms with E-state index < -0.39 is 0 Å². The number of nitrogens with zero attached hydrogens (tertiary/aromatic N) is 2. The molecule has 0 radical (unpaired) electrons. The molecular weight excluding hydrogens is 304 g/mol. The van der Waals surface area contributed by atoms with Gasteiger partial charge in [0.15, 0.2) is 6.61 Å². The van der Waals surface area contributed by atoms with Crippen LogP contribution in [0.3, 0.4) is 0 Å². The van der Waals surface area contributed by atoms with Crippen molar-refractivity contribution < 1.29 is 9.53 Å². The monoisotopic (exact) mass is 324 g/mol. The van der Waals surface area contributed by atoms with Gasteiger partial charge in [-0.1, -0.05) is 32.9 Å². The number of hydrogen-bond acceptors (Lipinski definition) is 4. The molecule has 1 aromatic carbocycles. The van der Waals surface area contributed by atoms with Gasteiger partial charge in [0.25, 0.3) is 5.91 Å². The number of ether oxygens (including phenoxy) is 1. The van der Waals surface area contributed by atoms with Crippen LogP contribution in [0.25, 0.3) is 11.0 Å². The van der Waals surface area contributed by atoms with Crippen LogP contribution in [0.5, 0.6) is 5.75 Å². The van der Waals surface area contributed by atoms with Crippen LogP contribution >= 0.6 is 0 Å². The summed E-state index contributed by atoms with van der Waals surface area (Å²) in [5.74, 6) is 0.863. The van der Waals surface area contributed by atoms with Crippen molar-refractivity contribution in [3.8, 4) is 5.75 Å². The predicted octanol–water partition coefficient (Wildman–Crippen LogP) is 3.27. The average molecular weight is 324 g/mol. The number of carbonyl (C=O) groups excluding carboxylic acids is 1. The number of rotatable bonds is 4. The molecule has 0 atom stereocenters. The summed E-state index contributed by atoms with van der Waals surface area (Å²) in [7, 11) is 0. The first-order valence-corrected chi connectivity index (χ1v) is 7.75. The minimum atomic E-state index is -0.268. The Morgan fingerprint density at radius 3 is 2.62 bits per heavy atom. The molecule has 2 N–H and O–H groups in total. The lowest BCUT2D eigenvalue weighted by atomic mass is 9.87. The van der Waals surface area contributed by atoms with Gasteiger partial charge in [0.2, 0.25) is 0 Å². The highest BCUT2D eigenvalue weighted by atomic mass is 16.5. The van der Waals surface area contributed by atoms with Gasteiger partial charge in [-0.3, -0.25) is 4.79 Å². The van der Waals surface area contributed by atoms with Gasteiger partial charge in [-0.2, -0.15) is 0 Å². The fourth-order valence-electron chi connectivity index (χ4n) is 2.34. The van der Waals surface area contributed by atoms with Crippen molar-refractivity contribution in [2.75, 3.05) is 11.9 Å². The molecule has 6 heteroatoms. The molecule has 0 unspecified atom stereocenters. The summed E-state index contributed by atoms with van der Waals surface area (Å²) in [6.45, 7) is 6.38. The molecule has 1 amide bonds. The van der Waals surface area contributed by atoms with Crippen molar-refractivity contribution >= 4 is 22.8 Å². The number of benzene rings is 1. The number of nitrogens with one attached hydrogen (secondary N) is 2. The van der Waals surface area contributed by atoms with Gasteiger partial charge in [0.05, 0.1) is 5.39 Å². The Morgan fingerprint density at radius 2 is 1.92 bits per heavy atom. The largest absolute Gasteiger partial charge is 0.484 e. The number of anilines is 1. The van der Waals surface area contributed by atoms with Crippen LogP contribution < -0.4 is 10.1 Å². The lowest BCUT2D eigenvalue weighted by Gasteiger charge is -2.19. The summed E-state index contributed by atoms with van der Waals surface area (Å²) in [6.07, 6.45) is 3.16. The van der Waals surface area contributed by atoms with Crippen LogP contribution in [0, 0.1) is 0 Å². The number of fused-ring (bicyclic) bond motifs is 1. The van der Waals surface area contributed by atoms with Crippen molar-refractivity contribution in [3.63, 3.8) is 0 Å². The van der Waals surface area contributed by atoms with Gasteiger partial charge in [0, 0.05) is 6.20 Å². The third-order valence-electron chi connectivity index (χ3n) is 3.70. The highest BCUT2D eigenvalue weighted by molar-refractivity contribution is 5.98. The molecule has 0 fully saturated rings. The topological polar surface area (TPSA) is 79.9 Å². The van der Waals surface area contributed by atoms with Crippen LogP contribution in [0.4, 0.5) is 5.82 Å². The number of aromatic nitrogens is 3. The fraction of sp³-hybridized carbons (Fsp3) is 0.278. The Morgan fingerprint density at radius 1 is 1.17 bits per heavy atom. The molecule has 3 rings (SSSR count). The highest BCUT2D eigenvalue weighted by Crippen LogP contribution is 2.24. The molecule has 0 aliphatic heterocycles. The quantitative estimate of drug-likeness (QED) is 0.772. The second kappa shape index (κ2) is 6.31. The van der Waals surface area contributed by atoms with E-state index in [1.807, 2.05) is 30.3 Å². The fourth-order valence-corrected chi connectivity index (χ4v) is 2.34. The first-order chi connectivity index (χ1) is 11.4. The van der Waals surface area contributed by atoms with E-state index in [-0.39, 0.29) is 17.9 Å².